The zero-order valence-corrected chi connectivity index (χ0v) is 10.9. The largest absolute Gasteiger partial charge is 0.457 e. The Labute approximate surface area is 115 Å². The molecule has 0 fully saturated rings. The van der Waals surface area contributed by atoms with Crippen LogP contribution in [0, 0.1) is 6.92 Å². The summed E-state index contributed by atoms with van der Waals surface area (Å²) >= 11 is 0. The van der Waals surface area contributed by atoms with E-state index >= 15 is 0 Å². The van der Waals surface area contributed by atoms with Crippen molar-refractivity contribution < 1.29 is 4.74 Å². The van der Waals surface area contributed by atoms with Gasteiger partial charge >= 0.3 is 5.69 Å². The molecule has 0 bridgehead atoms. The molecule has 1 aromatic heterocycles. The molecule has 0 aliphatic carbocycles. The van der Waals surface area contributed by atoms with Gasteiger partial charge in [0.1, 0.15) is 17.8 Å². The van der Waals surface area contributed by atoms with Crippen LogP contribution < -0.4 is 10.4 Å². The van der Waals surface area contributed by atoms with Gasteiger partial charge in [-0.1, -0.05) is 12.1 Å². The molecule has 5 heteroatoms. The number of aromatic amines is 1. The smallest absolute Gasteiger partial charge is 0.347 e. The van der Waals surface area contributed by atoms with Crippen molar-refractivity contribution in [3.05, 3.63) is 70.9 Å². The van der Waals surface area contributed by atoms with E-state index in [9.17, 15) is 4.79 Å². The molecule has 0 unspecified atom stereocenters. The summed E-state index contributed by atoms with van der Waals surface area (Å²) in [6, 6.07) is 15.1. The van der Waals surface area contributed by atoms with Gasteiger partial charge in [0.05, 0.1) is 5.69 Å². The van der Waals surface area contributed by atoms with Crippen molar-refractivity contribution in [2.24, 2.45) is 0 Å². The maximum Gasteiger partial charge on any atom is 0.347 e. The van der Waals surface area contributed by atoms with E-state index in [-0.39, 0.29) is 5.69 Å². The highest BCUT2D eigenvalue weighted by atomic mass is 16.5. The van der Waals surface area contributed by atoms with Gasteiger partial charge in [-0.25, -0.2) is 14.5 Å². The zero-order chi connectivity index (χ0) is 13.9. The van der Waals surface area contributed by atoms with Crippen molar-refractivity contribution in [1.29, 1.82) is 0 Å². The molecular formula is C15H13N3O2. The number of aromatic nitrogens is 3. The predicted molar refractivity (Wildman–Crippen MR) is 75.4 cm³/mol. The maximum absolute atomic E-state index is 11.4. The Bertz CT molecular complexity index is 772. The van der Waals surface area contributed by atoms with Gasteiger partial charge in [0.2, 0.25) is 0 Å². The first-order chi connectivity index (χ1) is 9.72. The second-order valence-corrected chi connectivity index (χ2v) is 4.44. The van der Waals surface area contributed by atoms with E-state index in [1.165, 1.54) is 10.9 Å². The number of nitrogens with one attached hydrogen (secondary N) is 1. The Hall–Kier alpha value is -2.82. The normalized spacial score (nSPS) is 10.4. The minimum absolute atomic E-state index is 0.266. The van der Waals surface area contributed by atoms with Crippen molar-refractivity contribution in [2.45, 2.75) is 6.92 Å². The number of aryl methyl sites for hydroxylation is 1. The summed E-state index contributed by atoms with van der Waals surface area (Å²) < 4.78 is 7.18. The fraction of sp³-hybridized carbons (Fsp3) is 0.0667. The van der Waals surface area contributed by atoms with Gasteiger partial charge in [-0.05, 0) is 48.9 Å². The lowest BCUT2D eigenvalue weighted by molar-refractivity contribution is 0.482. The van der Waals surface area contributed by atoms with Crippen molar-refractivity contribution in [3.63, 3.8) is 0 Å². The molecule has 100 valence electrons. The summed E-state index contributed by atoms with van der Waals surface area (Å²) in [4.78, 5) is 11.4. The molecule has 0 radical (unpaired) electrons. The Morgan fingerprint density at radius 3 is 2.55 bits per heavy atom. The van der Waals surface area contributed by atoms with Crippen molar-refractivity contribution in [2.75, 3.05) is 0 Å². The molecule has 5 nitrogen and oxygen atoms in total. The van der Waals surface area contributed by atoms with Gasteiger partial charge in [-0.2, -0.15) is 5.10 Å². The molecular weight excluding hydrogens is 254 g/mol. The van der Waals surface area contributed by atoms with E-state index in [2.05, 4.69) is 10.2 Å². The molecule has 3 rings (SSSR count). The topological polar surface area (TPSA) is 59.9 Å². The van der Waals surface area contributed by atoms with Crippen LogP contribution in [0.3, 0.4) is 0 Å². The third-order valence-electron chi connectivity index (χ3n) is 2.89. The Balaban J connectivity index is 1.83. The molecule has 0 spiro atoms. The first-order valence-electron chi connectivity index (χ1n) is 6.19. The van der Waals surface area contributed by atoms with Gasteiger partial charge < -0.3 is 4.74 Å². The minimum atomic E-state index is -0.266. The summed E-state index contributed by atoms with van der Waals surface area (Å²) in [7, 11) is 0. The van der Waals surface area contributed by atoms with E-state index in [0.717, 1.165) is 22.7 Å². The number of hydrogen-bond donors (Lipinski definition) is 1. The number of rotatable bonds is 3. The van der Waals surface area contributed by atoms with Gasteiger partial charge in [0.15, 0.2) is 0 Å². The first kappa shape index (κ1) is 12.2. The minimum Gasteiger partial charge on any atom is -0.457 e. The van der Waals surface area contributed by atoms with E-state index in [1.54, 1.807) is 0 Å². The SMILES string of the molecule is Cc1cccc(Oc2ccc(-n3cn[nH]c3=O)cc2)c1. The monoisotopic (exact) mass is 267 g/mol. The van der Waals surface area contributed by atoms with E-state index in [1.807, 2.05) is 55.5 Å². The first-order valence-corrected chi connectivity index (χ1v) is 6.19. The van der Waals surface area contributed by atoms with Gasteiger partial charge in [0.25, 0.3) is 0 Å². The molecule has 0 aliphatic heterocycles. The molecule has 0 saturated heterocycles. The molecule has 2 aromatic carbocycles. The lowest BCUT2D eigenvalue weighted by Gasteiger charge is -2.07. The van der Waals surface area contributed by atoms with Crippen LogP contribution in [-0.2, 0) is 0 Å². The highest BCUT2D eigenvalue weighted by Crippen LogP contribution is 2.22. The number of nitrogens with zero attached hydrogens (tertiary/aromatic N) is 2. The van der Waals surface area contributed by atoms with Crippen LogP contribution in [0.1, 0.15) is 5.56 Å². The molecule has 0 saturated carbocycles. The van der Waals surface area contributed by atoms with Crippen LogP contribution in [0.25, 0.3) is 5.69 Å². The Morgan fingerprint density at radius 2 is 1.90 bits per heavy atom. The number of ether oxygens (including phenoxy) is 1. The van der Waals surface area contributed by atoms with E-state index in [0.29, 0.717) is 0 Å². The van der Waals surface area contributed by atoms with Crippen LogP contribution in [0.5, 0.6) is 11.5 Å². The van der Waals surface area contributed by atoms with Crippen LogP contribution in [-0.4, -0.2) is 14.8 Å². The molecule has 20 heavy (non-hydrogen) atoms. The molecule has 1 N–H and O–H groups in total. The number of H-pyrrole nitrogens is 1. The maximum atomic E-state index is 11.4. The average molecular weight is 267 g/mol. The van der Waals surface area contributed by atoms with E-state index in [4.69, 9.17) is 4.74 Å². The second kappa shape index (κ2) is 5.05. The van der Waals surface area contributed by atoms with Crippen LogP contribution in [0.4, 0.5) is 0 Å². The summed E-state index contributed by atoms with van der Waals surface area (Å²) in [6.45, 7) is 2.02. The number of benzene rings is 2. The molecule has 1 heterocycles. The van der Waals surface area contributed by atoms with E-state index < -0.39 is 0 Å². The van der Waals surface area contributed by atoms with Crippen molar-refractivity contribution >= 4 is 0 Å². The molecule has 3 aromatic rings. The fourth-order valence-corrected chi connectivity index (χ4v) is 1.92. The van der Waals surface area contributed by atoms with Crippen LogP contribution in [0.2, 0.25) is 0 Å². The molecule has 0 atom stereocenters. The lowest BCUT2D eigenvalue weighted by Crippen LogP contribution is -2.13. The fourth-order valence-electron chi connectivity index (χ4n) is 1.92. The van der Waals surface area contributed by atoms with Crippen molar-refractivity contribution in [1.82, 2.24) is 14.8 Å². The summed E-state index contributed by atoms with van der Waals surface area (Å²) in [5.74, 6) is 1.51. The summed E-state index contributed by atoms with van der Waals surface area (Å²) in [5.41, 5.74) is 1.61. The lowest BCUT2D eigenvalue weighted by atomic mass is 10.2. The van der Waals surface area contributed by atoms with Crippen LogP contribution in [0.15, 0.2) is 59.7 Å². The molecule has 0 amide bonds. The number of hydrogen-bond acceptors (Lipinski definition) is 3. The van der Waals surface area contributed by atoms with Gasteiger partial charge in [-0.3, -0.25) is 0 Å². The highest BCUT2D eigenvalue weighted by molar-refractivity contribution is 5.39. The second-order valence-electron chi connectivity index (χ2n) is 4.44. The van der Waals surface area contributed by atoms with Crippen molar-refractivity contribution in [3.8, 4) is 17.2 Å². The summed E-state index contributed by atoms with van der Waals surface area (Å²) in [5, 5.41) is 6.05. The highest BCUT2D eigenvalue weighted by Gasteiger charge is 2.02. The average Bonchev–Trinajstić information content (AvgIpc) is 2.86. The zero-order valence-electron chi connectivity index (χ0n) is 10.9. The summed E-state index contributed by atoms with van der Waals surface area (Å²) in [6.07, 6.45) is 1.44. The van der Waals surface area contributed by atoms with Crippen LogP contribution >= 0.6 is 0 Å². The standard InChI is InChI=1S/C15H13N3O2/c1-11-3-2-4-14(9-11)20-13-7-5-12(6-8-13)18-10-16-17-15(18)19/h2-10H,1H3,(H,17,19). The third kappa shape index (κ3) is 2.47. The predicted octanol–water partition coefficient (Wildman–Crippen LogP) is 2.66. The quantitative estimate of drug-likeness (QED) is 0.793. The third-order valence-corrected chi connectivity index (χ3v) is 2.89. The Morgan fingerprint density at radius 1 is 1.10 bits per heavy atom. The Kier molecular flexibility index (Phi) is 3.09. The van der Waals surface area contributed by atoms with Gasteiger partial charge in [0, 0.05) is 0 Å². The van der Waals surface area contributed by atoms with Gasteiger partial charge in [-0.15, -0.1) is 0 Å². The molecule has 0 aliphatic rings.